The Bertz CT molecular complexity index is 1300. The maximum Gasteiger partial charge on any atom is 0.306 e. The van der Waals surface area contributed by atoms with E-state index < -0.39 is 6.10 Å². The Morgan fingerprint density at radius 3 is 0.940 bits per heavy atom. The highest BCUT2D eigenvalue weighted by Crippen LogP contribution is 2.16. The zero-order valence-electron chi connectivity index (χ0n) is 43.9. The van der Waals surface area contributed by atoms with E-state index in [-0.39, 0.29) is 31.1 Å². The van der Waals surface area contributed by atoms with Gasteiger partial charge in [-0.1, -0.05) is 266 Å². The lowest BCUT2D eigenvalue weighted by atomic mass is 10.0. The van der Waals surface area contributed by atoms with Gasteiger partial charge in [0, 0.05) is 19.3 Å². The van der Waals surface area contributed by atoms with Gasteiger partial charge in [-0.15, -0.1) is 0 Å². The second-order valence-corrected chi connectivity index (χ2v) is 18.6. The van der Waals surface area contributed by atoms with Crippen LogP contribution in [0.2, 0.25) is 0 Å². The monoisotopic (exact) mass is 933 g/mol. The van der Waals surface area contributed by atoms with Gasteiger partial charge >= 0.3 is 17.9 Å². The molecule has 0 bridgehead atoms. The highest BCUT2D eigenvalue weighted by atomic mass is 16.6. The molecule has 1 unspecified atom stereocenters. The molecule has 0 aliphatic rings. The zero-order chi connectivity index (χ0) is 48.6. The summed E-state index contributed by atoms with van der Waals surface area (Å²) in [6.07, 6.45) is 71.3. The molecule has 6 nitrogen and oxygen atoms in total. The summed E-state index contributed by atoms with van der Waals surface area (Å²) < 4.78 is 16.8. The molecule has 0 aliphatic heterocycles. The maximum absolute atomic E-state index is 12.8. The van der Waals surface area contributed by atoms with Crippen molar-refractivity contribution in [3.05, 3.63) is 85.1 Å². The van der Waals surface area contributed by atoms with Gasteiger partial charge < -0.3 is 14.2 Å². The molecule has 0 aromatic carbocycles. The van der Waals surface area contributed by atoms with Crippen LogP contribution in [0.1, 0.15) is 265 Å². The van der Waals surface area contributed by atoms with Crippen LogP contribution < -0.4 is 0 Å². The Morgan fingerprint density at radius 1 is 0.299 bits per heavy atom. The fourth-order valence-corrected chi connectivity index (χ4v) is 7.76. The molecule has 0 aromatic heterocycles. The Labute approximate surface area is 414 Å². The molecule has 0 amide bonds. The van der Waals surface area contributed by atoms with Gasteiger partial charge in [0.25, 0.3) is 0 Å². The average Bonchev–Trinajstić information content (AvgIpc) is 3.33. The SMILES string of the molecule is CCC\C=C/C=C\C=C/C=C\C=C/CCCCCCCC(=O)OCC(COC(=O)CCCCCCCC/C=C\C=C/CCCCC)OC(=O)CCCCCCCCCCCCCCCCCC. The predicted octanol–water partition coefficient (Wildman–Crippen LogP) is 18.8. The van der Waals surface area contributed by atoms with Crippen molar-refractivity contribution in [2.45, 2.75) is 271 Å². The van der Waals surface area contributed by atoms with Crippen LogP contribution in [0.5, 0.6) is 0 Å². The minimum absolute atomic E-state index is 0.0897. The number of rotatable bonds is 50. The molecule has 0 radical (unpaired) electrons. The second kappa shape index (κ2) is 55.2. The molecule has 0 spiro atoms. The highest BCUT2D eigenvalue weighted by Gasteiger charge is 2.19. The van der Waals surface area contributed by atoms with Crippen LogP contribution in [0.15, 0.2) is 85.1 Å². The first-order valence-corrected chi connectivity index (χ1v) is 28.2. The first kappa shape index (κ1) is 63.6. The van der Waals surface area contributed by atoms with Gasteiger partial charge in [-0.2, -0.15) is 0 Å². The number of carbonyl (C=O) groups is 3. The lowest BCUT2D eigenvalue weighted by Gasteiger charge is -2.18. The van der Waals surface area contributed by atoms with Crippen molar-refractivity contribution in [1.29, 1.82) is 0 Å². The molecule has 0 heterocycles. The molecule has 0 saturated heterocycles. The van der Waals surface area contributed by atoms with Crippen molar-refractivity contribution in [2.24, 2.45) is 0 Å². The highest BCUT2D eigenvalue weighted by molar-refractivity contribution is 5.71. The third-order valence-electron chi connectivity index (χ3n) is 12.0. The van der Waals surface area contributed by atoms with Crippen molar-refractivity contribution in [2.75, 3.05) is 13.2 Å². The van der Waals surface area contributed by atoms with Crippen LogP contribution in [-0.4, -0.2) is 37.2 Å². The van der Waals surface area contributed by atoms with Gasteiger partial charge in [0.1, 0.15) is 13.2 Å². The van der Waals surface area contributed by atoms with Crippen LogP contribution in [0.3, 0.4) is 0 Å². The zero-order valence-corrected chi connectivity index (χ0v) is 43.9. The molecule has 67 heavy (non-hydrogen) atoms. The standard InChI is InChI=1S/C61H104O6/c1-4-7-10-13-16-19-22-25-28-30-31-34-36-39-42-45-48-51-54-60(63)66-57-58(56-65-59(62)53-50-47-44-41-38-35-32-27-24-21-18-15-12-9-6-3)67-61(64)55-52-49-46-43-40-37-33-29-26-23-20-17-14-11-8-5-2/h10,13,16,18-19,21-22,24-25,27-28,30-31,34,58H,4-9,11-12,14-15,17,20,23,26,29,32-33,35-57H2,1-3H3/b13-10-,19-16-,21-18-,25-22-,27-24-,30-28-,34-31-. The van der Waals surface area contributed by atoms with Gasteiger partial charge in [-0.05, 0) is 64.2 Å². The Balaban J connectivity index is 4.45. The lowest BCUT2D eigenvalue weighted by Crippen LogP contribution is -2.30. The van der Waals surface area contributed by atoms with Crippen molar-refractivity contribution in [3.8, 4) is 0 Å². The summed E-state index contributed by atoms with van der Waals surface area (Å²) in [7, 11) is 0. The maximum atomic E-state index is 12.8. The number of hydrogen-bond acceptors (Lipinski definition) is 6. The van der Waals surface area contributed by atoms with Gasteiger partial charge in [0.15, 0.2) is 6.10 Å². The summed E-state index contributed by atoms with van der Waals surface area (Å²) in [6.45, 7) is 6.51. The summed E-state index contributed by atoms with van der Waals surface area (Å²) >= 11 is 0. The molecular formula is C61H104O6. The summed E-state index contributed by atoms with van der Waals surface area (Å²) in [4.78, 5) is 38.1. The average molecular weight is 933 g/mol. The van der Waals surface area contributed by atoms with E-state index in [0.717, 1.165) is 89.9 Å². The van der Waals surface area contributed by atoms with Crippen LogP contribution >= 0.6 is 0 Å². The summed E-state index contributed by atoms with van der Waals surface area (Å²) in [5, 5.41) is 0. The molecule has 0 fully saturated rings. The van der Waals surface area contributed by atoms with E-state index in [1.807, 2.05) is 24.3 Å². The van der Waals surface area contributed by atoms with E-state index in [9.17, 15) is 14.4 Å². The summed E-state index contributed by atoms with van der Waals surface area (Å²) in [6, 6.07) is 0. The first-order valence-electron chi connectivity index (χ1n) is 28.2. The molecule has 6 heteroatoms. The van der Waals surface area contributed by atoms with Gasteiger partial charge in [-0.25, -0.2) is 0 Å². The molecule has 0 saturated carbocycles. The second-order valence-electron chi connectivity index (χ2n) is 18.6. The third-order valence-corrected chi connectivity index (χ3v) is 12.0. The lowest BCUT2D eigenvalue weighted by molar-refractivity contribution is -0.167. The fraction of sp³-hybridized carbons (Fsp3) is 0.721. The van der Waals surface area contributed by atoms with E-state index in [0.29, 0.717) is 19.3 Å². The molecule has 0 rings (SSSR count). The number of allylic oxidation sites excluding steroid dienone is 14. The van der Waals surface area contributed by atoms with E-state index in [1.54, 1.807) is 0 Å². The Morgan fingerprint density at radius 2 is 0.567 bits per heavy atom. The Hall–Kier alpha value is -3.41. The minimum atomic E-state index is -0.791. The number of esters is 3. The number of carbonyl (C=O) groups excluding carboxylic acids is 3. The van der Waals surface area contributed by atoms with Crippen LogP contribution in [0.25, 0.3) is 0 Å². The van der Waals surface area contributed by atoms with Gasteiger partial charge in [0.2, 0.25) is 0 Å². The summed E-state index contributed by atoms with van der Waals surface area (Å²) in [5.41, 5.74) is 0. The van der Waals surface area contributed by atoms with E-state index in [2.05, 4.69) is 81.5 Å². The van der Waals surface area contributed by atoms with Crippen LogP contribution in [0, 0.1) is 0 Å². The van der Waals surface area contributed by atoms with Crippen molar-refractivity contribution in [3.63, 3.8) is 0 Å². The van der Waals surface area contributed by atoms with E-state index in [4.69, 9.17) is 14.2 Å². The predicted molar refractivity (Wildman–Crippen MR) is 288 cm³/mol. The Kier molecular flexibility index (Phi) is 52.4. The molecule has 384 valence electrons. The van der Waals surface area contributed by atoms with Crippen LogP contribution in [-0.2, 0) is 28.6 Å². The van der Waals surface area contributed by atoms with Crippen molar-refractivity contribution < 1.29 is 28.6 Å². The number of hydrogen-bond donors (Lipinski definition) is 0. The fourth-order valence-electron chi connectivity index (χ4n) is 7.76. The molecular weight excluding hydrogens is 829 g/mol. The van der Waals surface area contributed by atoms with E-state index >= 15 is 0 Å². The molecule has 0 aliphatic carbocycles. The number of unbranched alkanes of at least 4 members (excludes halogenated alkanes) is 30. The van der Waals surface area contributed by atoms with Crippen molar-refractivity contribution >= 4 is 17.9 Å². The minimum Gasteiger partial charge on any atom is -0.462 e. The normalized spacial score (nSPS) is 12.7. The molecule has 1 atom stereocenters. The van der Waals surface area contributed by atoms with E-state index in [1.165, 1.54) is 135 Å². The van der Waals surface area contributed by atoms with Gasteiger partial charge in [-0.3, -0.25) is 14.4 Å². The van der Waals surface area contributed by atoms with Crippen LogP contribution in [0.4, 0.5) is 0 Å². The molecule has 0 aromatic rings. The largest absolute Gasteiger partial charge is 0.462 e. The topological polar surface area (TPSA) is 78.9 Å². The number of ether oxygens (including phenoxy) is 3. The third kappa shape index (κ3) is 53.4. The summed E-state index contributed by atoms with van der Waals surface area (Å²) in [5.74, 6) is -0.918. The van der Waals surface area contributed by atoms with Crippen molar-refractivity contribution in [1.82, 2.24) is 0 Å². The van der Waals surface area contributed by atoms with Gasteiger partial charge in [0.05, 0.1) is 0 Å². The quantitative estimate of drug-likeness (QED) is 0.0262. The smallest absolute Gasteiger partial charge is 0.306 e. The molecule has 0 N–H and O–H groups in total. The first-order chi connectivity index (χ1) is 33.0.